The van der Waals surface area contributed by atoms with Crippen molar-refractivity contribution in [3.63, 3.8) is 0 Å². The van der Waals surface area contributed by atoms with Crippen LogP contribution in [0.1, 0.15) is 23.2 Å². The second-order valence-electron chi connectivity index (χ2n) is 4.30. The summed E-state index contributed by atoms with van der Waals surface area (Å²) in [5.41, 5.74) is 6.29. The lowest BCUT2D eigenvalue weighted by Crippen LogP contribution is -2.27. The molecular formula is C15H18N2O3. The van der Waals surface area contributed by atoms with E-state index in [9.17, 15) is 4.79 Å². The lowest BCUT2D eigenvalue weighted by molar-refractivity contribution is 0.0917. The van der Waals surface area contributed by atoms with Crippen molar-refractivity contribution in [1.29, 1.82) is 0 Å². The van der Waals surface area contributed by atoms with E-state index in [4.69, 9.17) is 14.9 Å². The number of nitrogen functional groups attached to an aromatic ring is 1. The van der Waals surface area contributed by atoms with Gasteiger partial charge >= 0.3 is 0 Å². The number of benzene rings is 1. The topological polar surface area (TPSA) is 77.5 Å². The van der Waals surface area contributed by atoms with Gasteiger partial charge in [-0.1, -0.05) is 13.0 Å². The Morgan fingerprint density at radius 2 is 2.20 bits per heavy atom. The van der Waals surface area contributed by atoms with Gasteiger partial charge in [0.1, 0.15) is 18.1 Å². The molecule has 0 atom stereocenters. The predicted molar refractivity (Wildman–Crippen MR) is 76.8 cm³/mol. The van der Waals surface area contributed by atoms with Crippen LogP contribution in [-0.4, -0.2) is 19.1 Å². The first-order valence-corrected chi connectivity index (χ1v) is 6.54. The first-order valence-electron chi connectivity index (χ1n) is 6.54. The van der Waals surface area contributed by atoms with Crippen molar-refractivity contribution in [2.24, 2.45) is 0 Å². The number of carbonyl (C=O) groups excluding carboxylic acids is 1. The third-order valence-electron chi connectivity index (χ3n) is 2.75. The summed E-state index contributed by atoms with van der Waals surface area (Å²) in [6.07, 6.45) is 0.770. The molecule has 0 aliphatic heterocycles. The van der Waals surface area contributed by atoms with E-state index in [0.29, 0.717) is 30.3 Å². The number of furan rings is 1. The van der Waals surface area contributed by atoms with Gasteiger partial charge in [-0.2, -0.15) is 0 Å². The van der Waals surface area contributed by atoms with E-state index in [1.165, 1.54) is 0 Å². The zero-order valence-corrected chi connectivity index (χ0v) is 11.4. The molecule has 0 unspecified atom stereocenters. The molecule has 5 heteroatoms. The van der Waals surface area contributed by atoms with Crippen LogP contribution in [0, 0.1) is 0 Å². The molecule has 0 fully saturated rings. The molecule has 1 amide bonds. The molecule has 1 heterocycles. The van der Waals surface area contributed by atoms with E-state index in [-0.39, 0.29) is 5.91 Å². The SMILES string of the molecule is CCc1ccc(C(=O)NCCOc2cccc(N)c2)o1. The van der Waals surface area contributed by atoms with Crippen molar-refractivity contribution in [2.45, 2.75) is 13.3 Å². The van der Waals surface area contributed by atoms with Gasteiger partial charge in [0.2, 0.25) is 0 Å². The maximum atomic E-state index is 11.8. The Hall–Kier alpha value is -2.43. The summed E-state index contributed by atoms with van der Waals surface area (Å²) in [6.45, 7) is 2.74. The fourth-order valence-electron chi connectivity index (χ4n) is 1.71. The number of hydrogen-bond acceptors (Lipinski definition) is 4. The summed E-state index contributed by atoms with van der Waals surface area (Å²) < 4.78 is 10.8. The minimum absolute atomic E-state index is 0.235. The van der Waals surface area contributed by atoms with Gasteiger partial charge in [-0.3, -0.25) is 4.79 Å². The van der Waals surface area contributed by atoms with Crippen molar-refractivity contribution in [3.05, 3.63) is 47.9 Å². The average Bonchev–Trinajstić information content (AvgIpc) is 2.92. The third kappa shape index (κ3) is 3.78. The molecule has 0 saturated carbocycles. The number of rotatable bonds is 6. The fourth-order valence-corrected chi connectivity index (χ4v) is 1.71. The number of aryl methyl sites for hydroxylation is 1. The van der Waals surface area contributed by atoms with Crippen LogP contribution in [0.5, 0.6) is 5.75 Å². The fraction of sp³-hybridized carbons (Fsp3) is 0.267. The minimum Gasteiger partial charge on any atom is -0.492 e. The van der Waals surface area contributed by atoms with Gasteiger partial charge < -0.3 is 20.2 Å². The Morgan fingerprint density at radius 3 is 2.90 bits per heavy atom. The molecule has 106 valence electrons. The molecule has 0 aliphatic rings. The Bertz CT molecular complexity index is 578. The highest BCUT2D eigenvalue weighted by Crippen LogP contribution is 2.14. The molecule has 0 saturated heterocycles. The van der Waals surface area contributed by atoms with E-state index in [1.54, 1.807) is 24.3 Å². The number of amides is 1. The van der Waals surface area contributed by atoms with Crippen molar-refractivity contribution in [2.75, 3.05) is 18.9 Å². The average molecular weight is 274 g/mol. The second-order valence-corrected chi connectivity index (χ2v) is 4.30. The summed E-state index contributed by atoms with van der Waals surface area (Å²) in [6, 6.07) is 10.6. The number of nitrogens with two attached hydrogens (primary N) is 1. The van der Waals surface area contributed by atoms with Crippen LogP contribution in [0.3, 0.4) is 0 Å². The van der Waals surface area contributed by atoms with Gasteiger partial charge in [0.05, 0.1) is 6.54 Å². The van der Waals surface area contributed by atoms with Gasteiger partial charge in [-0.15, -0.1) is 0 Å². The summed E-state index contributed by atoms with van der Waals surface area (Å²) in [7, 11) is 0. The second kappa shape index (κ2) is 6.65. The molecule has 20 heavy (non-hydrogen) atoms. The molecule has 2 aromatic rings. The third-order valence-corrected chi connectivity index (χ3v) is 2.75. The van der Waals surface area contributed by atoms with E-state index in [0.717, 1.165) is 12.2 Å². The molecule has 5 nitrogen and oxygen atoms in total. The molecular weight excluding hydrogens is 256 g/mol. The highest BCUT2D eigenvalue weighted by molar-refractivity contribution is 5.91. The number of hydrogen-bond donors (Lipinski definition) is 2. The predicted octanol–water partition coefficient (Wildman–Crippen LogP) is 2.23. The molecule has 3 N–H and O–H groups in total. The smallest absolute Gasteiger partial charge is 0.287 e. The monoisotopic (exact) mass is 274 g/mol. The lowest BCUT2D eigenvalue weighted by atomic mass is 10.3. The van der Waals surface area contributed by atoms with Gasteiger partial charge in [-0.25, -0.2) is 0 Å². The molecule has 0 radical (unpaired) electrons. The first kappa shape index (κ1) is 14.0. The van der Waals surface area contributed by atoms with Gasteiger partial charge in [0, 0.05) is 18.2 Å². The summed E-state index contributed by atoms with van der Waals surface area (Å²) in [5, 5.41) is 2.73. The van der Waals surface area contributed by atoms with Crippen LogP contribution < -0.4 is 15.8 Å². The highest BCUT2D eigenvalue weighted by Gasteiger charge is 2.09. The zero-order valence-electron chi connectivity index (χ0n) is 11.4. The number of ether oxygens (including phenoxy) is 1. The van der Waals surface area contributed by atoms with Gasteiger partial charge in [0.25, 0.3) is 5.91 Å². The highest BCUT2D eigenvalue weighted by atomic mass is 16.5. The van der Waals surface area contributed by atoms with Crippen LogP contribution in [0.4, 0.5) is 5.69 Å². The van der Waals surface area contributed by atoms with Crippen LogP contribution in [0.25, 0.3) is 0 Å². The minimum atomic E-state index is -0.235. The van der Waals surface area contributed by atoms with Crippen molar-refractivity contribution in [3.8, 4) is 5.75 Å². The molecule has 0 aliphatic carbocycles. The maximum Gasteiger partial charge on any atom is 0.287 e. The standard InChI is InChI=1S/C15H18N2O3/c1-2-12-6-7-14(20-12)15(18)17-8-9-19-13-5-3-4-11(16)10-13/h3-7,10H,2,8-9,16H2,1H3,(H,17,18). The van der Waals surface area contributed by atoms with Gasteiger partial charge in [0.15, 0.2) is 5.76 Å². The normalized spacial score (nSPS) is 10.2. The van der Waals surface area contributed by atoms with E-state index in [1.807, 2.05) is 19.1 Å². The van der Waals surface area contributed by atoms with Crippen LogP contribution in [0.2, 0.25) is 0 Å². The quantitative estimate of drug-likeness (QED) is 0.625. The maximum absolute atomic E-state index is 11.8. The Kier molecular flexibility index (Phi) is 4.65. The summed E-state index contributed by atoms with van der Waals surface area (Å²) >= 11 is 0. The van der Waals surface area contributed by atoms with Crippen molar-refractivity contribution >= 4 is 11.6 Å². The van der Waals surface area contributed by atoms with Crippen LogP contribution in [-0.2, 0) is 6.42 Å². The molecule has 1 aromatic heterocycles. The largest absolute Gasteiger partial charge is 0.492 e. The summed E-state index contributed by atoms with van der Waals surface area (Å²) in [4.78, 5) is 11.8. The van der Waals surface area contributed by atoms with Crippen LogP contribution >= 0.6 is 0 Å². The van der Waals surface area contributed by atoms with Gasteiger partial charge in [-0.05, 0) is 24.3 Å². The molecule has 1 aromatic carbocycles. The number of carbonyl (C=O) groups is 1. The summed E-state index contributed by atoms with van der Waals surface area (Å²) in [5.74, 6) is 1.57. The molecule has 2 rings (SSSR count). The number of anilines is 1. The molecule has 0 bridgehead atoms. The number of nitrogens with one attached hydrogen (secondary N) is 1. The Labute approximate surface area is 117 Å². The van der Waals surface area contributed by atoms with Crippen LogP contribution in [0.15, 0.2) is 40.8 Å². The zero-order chi connectivity index (χ0) is 14.4. The molecule has 0 spiro atoms. The van der Waals surface area contributed by atoms with Crippen molar-refractivity contribution < 1.29 is 13.9 Å². The van der Waals surface area contributed by atoms with E-state index >= 15 is 0 Å². The Balaban J connectivity index is 1.74. The van der Waals surface area contributed by atoms with E-state index in [2.05, 4.69) is 5.32 Å². The van der Waals surface area contributed by atoms with Crippen molar-refractivity contribution in [1.82, 2.24) is 5.32 Å². The lowest BCUT2D eigenvalue weighted by Gasteiger charge is -2.07. The van der Waals surface area contributed by atoms with E-state index < -0.39 is 0 Å². The first-order chi connectivity index (χ1) is 9.69. The Morgan fingerprint density at radius 1 is 1.35 bits per heavy atom.